The minimum atomic E-state index is -7.18. The Bertz CT molecular complexity index is 23.0. The fraction of sp³-hybridized carbons (Fsp3) is 0. The summed E-state index contributed by atoms with van der Waals surface area (Å²) in [6.07, 6.45) is 0. The molecule has 0 atom stereocenters. The average molecular weight is 218 g/mol. The molecule has 0 N–H and O–H groups in total. The predicted molar refractivity (Wildman–Crippen MR) is 15.9 cm³/mol. The van der Waals surface area contributed by atoms with Gasteiger partial charge in [0.15, 0.2) is 0 Å². The second-order valence-corrected chi connectivity index (χ2v) is 2.87. The third-order valence-electron chi connectivity index (χ3n) is 0. The smallest absolute Gasteiger partial charge is 0 e. The molecule has 0 aromatic carbocycles. The standard InChI is InChI=1S/4FH.Na.Sn/h4*1H;;/q;;;;;+4/p-4. The number of hydrogen-bond donors (Lipinski definition) is 0. The maximum atomic E-state index is 9.90. The van der Waals surface area contributed by atoms with Gasteiger partial charge in [-0.05, 0) is 0 Å². The van der Waals surface area contributed by atoms with Gasteiger partial charge < -0.3 is 0 Å². The number of halogens is 4. The molecule has 0 fully saturated rings. The van der Waals surface area contributed by atoms with Gasteiger partial charge in [0.1, 0.15) is 0 Å². The molecular weight excluding hydrogens is 218 g/mol. The van der Waals surface area contributed by atoms with E-state index in [2.05, 4.69) is 0 Å². The van der Waals surface area contributed by atoms with Crippen LogP contribution in [-0.2, 0) is 0 Å². The molecule has 6 heteroatoms. The zero-order valence-corrected chi connectivity index (χ0v) is 7.87. The van der Waals surface area contributed by atoms with E-state index in [-0.39, 0.29) is 29.6 Å². The molecule has 0 spiro atoms. The van der Waals surface area contributed by atoms with Crippen LogP contribution in [0.1, 0.15) is 0 Å². The van der Waals surface area contributed by atoms with Crippen LogP contribution in [0.3, 0.4) is 0 Å². The largest absolute Gasteiger partial charge is 0 e. The van der Waals surface area contributed by atoms with Crippen molar-refractivity contribution in [3.63, 3.8) is 0 Å². The number of rotatable bonds is 0. The Hall–Kier alpha value is 1.52. The van der Waals surface area contributed by atoms with Gasteiger partial charge >= 0.3 is 32.1 Å². The van der Waals surface area contributed by atoms with Crippen molar-refractivity contribution >= 4 is 50.2 Å². The van der Waals surface area contributed by atoms with E-state index < -0.39 is 20.7 Å². The van der Waals surface area contributed by atoms with Gasteiger partial charge in [0.2, 0.25) is 0 Å². The second kappa shape index (κ2) is 3.51. The van der Waals surface area contributed by atoms with Crippen LogP contribution in [0, 0.1) is 0 Å². The Kier molecular flexibility index (Phi) is 6.14. The summed E-state index contributed by atoms with van der Waals surface area (Å²) in [6.45, 7) is 0. The molecule has 0 aromatic rings. The second-order valence-electron chi connectivity index (χ2n) is 0.429. The van der Waals surface area contributed by atoms with Crippen LogP contribution in [0.4, 0.5) is 11.5 Å². The average Bonchev–Trinajstić information content (AvgIpc) is 0.722. The van der Waals surface area contributed by atoms with Crippen LogP contribution in [0.25, 0.3) is 0 Å². The third-order valence-corrected chi connectivity index (χ3v) is 0. The third kappa shape index (κ3) is 48.9. The van der Waals surface area contributed by atoms with Crippen molar-refractivity contribution < 1.29 is 11.5 Å². The Morgan fingerprint density at radius 2 is 0.833 bits per heavy atom. The van der Waals surface area contributed by atoms with Crippen LogP contribution in [0.5, 0.6) is 0 Å². The van der Waals surface area contributed by atoms with Gasteiger partial charge in [0, 0.05) is 29.6 Å². The molecule has 0 nitrogen and oxygen atoms in total. The molecule has 0 heterocycles. The minimum absolute atomic E-state index is 0. The Labute approximate surface area is 61.2 Å². The molecule has 0 amide bonds. The molecule has 0 unspecified atom stereocenters. The predicted octanol–water partition coefficient (Wildman–Crippen LogP) is 0.919. The van der Waals surface area contributed by atoms with Crippen molar-refractivity contribution in [1.29, 1.82) is 0 Å². The maximum absolute atomic E-state index is 9.90. The molecule has 0 aromatic heterocycles. The molecule has 33 valence electrons. The van der Waals surface area contributed by atoms with Crippen LogP contribution < -0.4 is 0 Å². The van der Waals surface area contributed by atoms with Crippen molar-refractivity contribution in [2.24, 2.45) is 0 Å². The summed E-state index contributed by atoms with van der Waals surface area (Å²) in [5, 5.41) is 0. The minimum Gasteiger partial charge on any atom is 0 e. The van der Waals surface area contributed by atoms with Crippen molar-refractivity contribution in [2.45, 2.75) is 0 Å². The van der Waals surface area contributed by atoms with E-state index in [0.29, 0.717) is 0 Å². The van der Waals surface area contributed by atoms with Gasteiger partial charge in [-0.25, -0.2) is 0 Å². The van der Waals surface area contributed by atoms with E-state index in [4.69, 9.17) is 0 Å². The first-order valence-corrected chi connectivity index (χ1v) is 5.07. The van der Waals surface area contributed by atoms with E-state index in [0.717, 1.165) is 0 Å². The molecule has 6 heavy (non-hydrogen) atoms. The monoisotopic (exact) mass is 219 g/mol. The van der Waals surface area contributed by atoms with Gasteiger partial charge in [-0.15, -0.1) is 0 Å². The Morgan fingerprint density at radius 3 is 0.833 bits per heavy atom. The van der Waals surface area contributed by atoms with Crippen LogP contribution >= 0.6 is 0 Å². The van der Waals surface area contributed by atoms with Crippen molar-refractivity contribution in [3.05, 3.63) is 0 Å². The first kappa shape index (κ1) is 10.5. The van der Waals surface area contributed by atoms with Gasteiger partial charge in [0.25, 0.3) is 0 Å². The summed E-state index contributed by atoms with van der Waals surface area (Å²) in [6, 6.07) is 0. The Morgan fingerprint density at radius 1 is 0.833 bits per heavy atom. The Balaban J connectivity index is 0. The van der Waals surface area contributed by atoms with Gasteiger partial charge in [-0.1, -0.05) is 0 Å². The zero-order chi connectivity index (χ0) is 4.50. The summed E-state index contributed by atoms with van der Waals surface area (Å²) in [5.74, 6) is 0. The summed E-state index contributed by atoms with van der Waals surface area (Å²) in [4.78, 5) is 0. The van der Waals surface area contributed by atoms with Gasteiger partial charge in [-0.2, -0.15) is 0 Å². The molecule has 0 aliphatic rings. The fourth-order valence-electron chi connectivity index (χ4n) is 0. The summed E-state index contributed by atoms with van der Waals surface area (Å²) in [7, 11) is 0. The molecule has 0 aliphatic carbocycles. The van der Waals surface area contributed by atoms with Crippen LogP contribution in [-0.4, -0.2) is 50.2 Å². The first-order valence-electron chi connectivity index (χ1n) is 0.756. The normalized spacial score (nSPS) is 10.0. The van der Waals surface area contributed by atoms with E-state index in [1.807, 2.05) is 0 Å². The van der Waals surface area contributed by atoms with E-state index in [9.17, 15) is 11.5 Å². The molecule has 1 radical (unpaired) electrons. The van der Waals surface area contributed by atoms with E-state index in [1.165, 1.54) is 0 Å². The molecule has 0 aliphatic heterocycles. The fourth-order valence-corrected chi connectivity index (χ4v) is 0. The molecule has 0 saturated carbocycles. The van der Waals surface area contributed by atoms with E-state index in [1.54, 1.807) is 0 Å². The summed E-state index contributed by atoms with van der Waals surface area (Å²) >= 11 is -7.18. The summed E-state index contributed by atoms with van der Waals surface area (Å²) < 4.78 is 39.6. The molecule has 0 rings (SSSR count). The van der Waals surface area contributed by atoms with Crippen molar-refractivity contribution in [1.82, 2.24) is 0 Å². The van der Waals surface area contributed by atoms with Gasteiger partial charge in [0.05, 0.1) is 0 Å². The van der Waals surface area contributed by atoms with E-state index >= 15 is 0 Å². The number of hydrogen-bond acceptors (Lipinski definition) is 0. The SMILES string of the molecule is [F][Sn]([F])([F])[F].[Na]. The summed E-state index contributed by atoms with van der Waals surface area (Å²) in [5.41, 5.74) is 0. The molecular formula is F4NaSn. The van der Waals surface area contributed by atoms with Crippen LogP contribution in [0.15, 0.2) is 0 Å². The van der Waals surface area contributed by atoms with Crippen molar-refractivity contribution in [2.75, 3.05) is 0 Å². The zero-order valence-electron chi connectivity index (χ0n) is 3.01. The topological polar surface area (TPSA) is 0 Å². The quantitative estimate of drug-likeness (QED) is 0.418. The van der Waals surface area contributed by atoms with Gasteiger partial charge in [-0.3, -0.25) is 0 Å². The van der Waals surface area contributed by atoms with Crippen molar-refractivity contribution in [3.8, 4) is 0 Å². The maximum Gasteiger partial charge on any atom is 0 e. The molecule has 0 saturated heterocycles. The first-order chi connectivity index (χ1) is 2.00. The van der Waals surface area contributed by atoms with Crippen LogP contribution in [0.2, 0.25) is 0 Å². The molecule has 0 bridgehead atoms.